The molecule has 5 radical (unpaired) electrons. The molecule has 0 bridgehead atoms. The van der Waals surface area contributed by atoms with E-state index in [4.69, 9.17) is 18.2 Å². The third-order valence-corrected chi connectivity index (χ3v) is 22.8. The number of thiazole rings is 1. The van der Waals surface area contributed by atoms with Gasteiger partial charge in [-0.25, -0.2) is 15.0 Å². The Morgan fingerprint density at radius 3 is 1.27 bits per heavy atom. The summed E-state index contributed by atoms with van der Waals surface area (Å²) in [5.41, 5.74) is 27.1. The molecule has 0 saturated heterocycles. The quantitative estimate of drug-likeness (QED) is 0.0913. The van der Waals surface area contributed by atoms with E-state index in [-0.39, 0.29) is 101 Å². The van der Waals surface area contributed by atoms with Crippen LogP contribution in [0.1, 0.15) is 107 Å². The van der Waals surface area contributed by atoms with Gasteiger partial charge in [0.15, 0.2) is 17.7 Å². The summed E-state index contributed by atoms with van der Waals surface area (Å²) >= 11 is 1.69. The predicted octanol–water partition coefficient (Wildman–Crippen LogP) is 20.4. The van der Waals surface area contributed by atoms with Gasteiger partial charge in [-0.3, -0.25) is 29.9 Å². The predicted molar refractivity (Wildman–Crippen MR) is 499 cm³/mol. The van der Waals surface area contributed by atoms with Gasteiger partial charge in [0.25, 0.3) is 0 Å². The number of fused-ring (bicyclic) bond motifs is 5. The van der Waals surface area contributed by atoms with Crippen molar-refractivity contribution < 1.29 is 114 Å². The molecule has 0 atom stereocenters. The second-order valence-electron chi connectivity index (χ2n) is 31.7. The molecule has 22 aromatic rings. The SMILES string of the molecule is Cc1nc2cc(-c3nnc(C)n3-c3c(C(C)C)cccc3C(C)C)[c-]cc2s1.Cc1nc2n[c-]c(-c3nncn3-c3c(-c4ccccc4)cccc3-c3ccccc3)nc2n1C.Cc1nc2nc(-c3nncn3-c3c(C)cc(-c4ccccc4)cc3C)[c-]cc2o1.Cc1nc2nc(-c3nncn3-c3c(C)cccc3C)[c-]cc2o1.Cc1nc2nc(-c3nncn3C)[c-]cc2o1.[Ir].[Ir].[Ir].[Ir].[Ir]. The van der Waals surface area contributed by atoms with E-state index < -0.39 is 0 Å². The average molecular weight is 2690 g/mol. The van der Waals surface area contributed by atoms with Crippen LogP contribution in [0.3, 0.4) is 0 Å². The topological polar surface area (TPSA) is 327 Å². The van der Waals surface area contributed by atoms with E-state index in [0.717, 1.165) is 99.8 Å². The Morgan fingerprint density at radius 1 is 0.348 bits per heavy atom. The first-order valence-electron chi connectivity index (χ1n) is 42.0. The fourth-order valence-electron chi connectivity index (χ4n) is 15.8. The van der Waals surface area contributed by atoms with E-state index >= 15 is 0 Å². The van der Waals surface area contributed by atoms with Crippen molar-refractivity contribution in [2.45, 2.75) is 109 Å². The van der Waals surface area contributed by atoms with E-state index in [1.165, 1.54) is 27.9 Å². The molecule has 29 nitrogen and oxygen atoms in total. The molecule has 135 heavy (non-hydrogen) atoms. The number of hydrogen-bond donors (Lipinski definition) is 0. The van der Waals surface area contributed by atoms with Crippen LogP contribution >= 0.6 is 11.3 Å². The van der Waals surface area contributed by atoms with Crippen molar-refractivity contribution in [3.8, 4) is 114 Å². The Kier molecular flexibility index (Phi) is 31.8. The van der Waals surface area contributed by atoms with Crippen molar-refractivity contribution >= 4 is 66.5 Å². The smallest absolute Gasteiger partial charge is 0.179 e. The Hall–Kier alpha value is -13.0. The van der Waals surface area contributed by atoms with Crippen LogP contribution in [0.4, 0.5) is 0 Å². The number of aromatic nitrogens is 26. The molecule has 22 rings (SSSR count). The molecule has 0 N–H and O–H groups in total. The van der Waals surface area contributed by atoms with E-state index in [1.54, 1.807) is 80.2 Å². The molecule has 8 aromatic carbocycles. The Balaban J connectivity index is 0.000000144. The Bertz CT molecular complexity index is 7780. The average Bonchev–Trinajstić information content (AvgIpc) is 1.64. The second kappa shape index (κ2) is 43.1. The molecular formula is C100H85Ir5N26O3S-5. The summed E-state index contributed by atoms with van der Waals surface area (Å²) in [6.07, 6.45) is 9.76. The van der Waals surface area contributed by atoms with Crippen LogP contribution in [0.5, 0.6) is 0 Å². The summed E-state index contributed by atoms with van der Waals surface area (Å²) in [4.78, 5) is 44.4. The van der Waals surface area contributed by atoms with Gasteiger partial charge in [-0.15, -0.1) is 65.3 Å². The molecule has 0 aliphatic carbocycles. The summed E-state index contributed by atoms with van der Waals surface area (Å²) in [7, 11) is 3.77. The number of nitrogens with zero attached hydrogens (tertiary/aromatic N) is 26. The summed E-state index contributed by atoms with van der Waals surface area (Å²) in [5.74, 6) is 7.54. The first-order chi connectivity index (χ1) is 63.0. The van der Waals surface area contributed by atoms with Crippen molar-refractivity contribution in [1.82, 2.24) is 128 Å². The maximum atomic E-state index is 5.50. The molecule has 0 unspecified atom stereocenters. The third-order valence-electron chi connectivity index (χ3n) is 21.9. The van der Waals surface area contributed by atoms with Crippen LogP contribution in [-0.4, -0.2) is 128 Å². The van der Waals surface area contributed by atoms with Gasteiger partial charge >= 0.3 is 0 Å². The van der Waals surface area contributed by atoms with Gasteiger partial charge in [0, 0.05) is 169 Å². The number of rotatable bonds is 14. The number of pyridine rings is 3. The standard InChI is InChI=1S/C27H20N7.C23H18N5O.C23H25N4S.C17H14N5O.C10H8N5O.5Ir/c1-18-30-25-27(33(18)2)31-23(16-28-25)26-32-29-17-34(26)24-21(19-10-5-3-6-11-19)14-9-15-22(24)20-12-7-4-8-13-20;1-14-11-18(17-7-5-4-6-8-17)12-15(2)21(14)28-13-24-27-23(28)19-9-10-20-22(26-19)25-16(3)29-20;1-13(2)18-8-7-9-19(14(3)4)22(18)27-15(5)25-26-23(27)17-10-11-21-20(12-17)24-16(6)28-21;1-10-5-4-6-11(2)15(10)22-9-18-21-17(22)13-7-8-14-16(20-13)19-12(3)23-14;1-6-12-9-8(16-6)4-3-7(13-9)10-14-11-5-15(10)2;;;;;/h3-15,17H,1-2H3;4-8,10-13H,1-3H3;7-9,11-14H,1-6H3;4-6,8-9H,1-3H3;4-5H,1-2H3;;;;;/q5*-1;;;;;. The van der Waals surface area contributed by atoms with Crippen molar-refractivity contribution in [3.05, 3.63) is 312 Å². The van der Waals surface area contributed by atoms with Gasteiger partial charge in [-0.05, 0) is 162 Å². The zero-order valence-corrected chi connectivity index (χ0v) is 88.6. The first kappa shape index (κ1) is 99.5. The minimum atomic E-state index is 0. The van der Waals surface area contributed by atoms with E-state index in [0.29, 0.717) is 121 Å². The van der Waals surface area contributed by atoms with Gasteiger partial charge in [0.2, 0.25) is 0 Å². The molecular weight excluding hydrogens is 2610 g/mol. The van der Waals surface area contributed by atoms with Gasteiger partial charge in [0.1, 0.15) is 53.7 Å². The van der Waals surface area contributed by atoms with Crippen LogP contribution in [0.15, 0.2) is 227 Å². The molecule has 0 fully saturated rings. The molecule has 14 aromatic heterocycles. The number of aryl methyl sites for hydroxylation is 12. The molecule has 689 valence electrons. The molecule has 0 saturated carbocycles. The van der Waals surface area contributed by atoms with Gasteiger partial charge in [-0.2, -0.15) is 57.2 Å². The van der Waals surface area contributed by atoms with Crippen LogP contribution in [0.2, 0.25) is 0 Å². The first-order valence-corrected chi connectivity index (χ1v) is 42.8. The number of hydrogen-bond acceptors (Lipinski definition) is 24. The summed E-state index contributed by atoms with van der Waals surface area (Å²) in [6.45, 7) is 28.6. The van der Waals surface area contributed by atoms with Crippen molar-refractivity contribution in [3.63, 3.8) is 0 Å². The fourth-order valence-corrected chi connectivity index (χ4v) is 16.6. The number of benzene rings is 8. The molecule has 0 aliphatic heterocycles. The van der Waals surface area contributed by atoms with Crippen LogP contribution < -0.4 is 0 Å². The van der Waals surface area contributed by atoms with Crippen LogP contribution in [-0.2, 0) is 115 Å². The second-order valence-corrected chi connectivity index (χ2v) is 33.0. The largest absolute Gasteiger partial charge is 0.501 e. The van der Waals surface area contributed by atoms with Crippen molar-refractivity contribution in [1.29, 1.82) is 0 Å². The maximum absolute atomic E-state index is 5.50. The van der Waals surface area contributed by atoms with Crippen molar-refractivity contribution in [2.75, 3.05) is 0 Å². The normalized spacial score (nSPS) is 10.9. The monoisotopic (exact) mass is 2690 g/mol. The van der Waals surface area contributed by atoms with Crippen molar-refractivity contribution in [2.24, 2.45) is 14.1 Å². The van der Waals surface area contributed by atoms with E-state index in [2.05, 4.69) is 302 Å². The zero-order valence-electron chi connectivity index (χ0n) is 75.8. The maximum Gasteiger partial charge on any atom is 0.179 e. The molecule has 0 amide bonds. The van der Waals surface area contributed by atoms with E-state index in [9.17, 15) is 0 Å². The summed E-state index contributed by atoms with van der Waals surface area (Å²) in [5, 5.41) is 43.2. The van der Waals surface area contributed by atoms with E-state index in [1.807, 2.05) is 108 Å². The summed E-state index contributed by atoms with van der Waals surface area (Å²) in [6, 6.07) is 76.4. The zero-order chi connectivity index (χ0) is 90.1. The fraction of sp³-hybridized carbons (Fsp3) is 0.180. The molecule has 35 heteroatoms. The minimum Gasteiger partial charge on any atom is -0.501 e. The van der Waals surface area contributed by atoms with Gasteiger partial charge < -0.3 is 45.6 Å². The van der Waals surface area contributed by atoms with Crippen LogP contribution in [0.25, 0.3) is 169 Å². The van der Waals surface area contributed by atoms with Crippen LogP contribution in [0, 0.1) is 99.7 Å². The van der Waals surface area contributed by atoms with Gasteiger partial charge in [0.05, 0.1) is 68.0 Å². The number of imidazole rings is 1. The molecule has 14 heterocycles. The molecule has 0 spiro atoms. The van der Waals surface area contributed by atoms with Gasteiger partial charge in [-0.1, -0.05) is 173 Å². The minimum absolute atomic E-state index is 0. The third kappa shape index (κ3) is 20.8. The Labute approximate surface area is 849 Å². The number of para-hydroxylation sites is 3. The Morgan fingerprint density at radius 2 is 0.785 bits per heavy atom. The number of oxazole rings is 3. The molecule has 0 aliphatic rings. The summed E-state index contributed by atoms with van der Waals surface area (Å²) < 4.78 is 29.2.